The molecule has 0 N–H and O–H groups in total. The lowest BCUT2D eigenvalue weighted by molar-refractivity contribution is 0.112. The Morgan fingerprint density at radius 2 is 2.12 bits per heavy atom. The van der Waals surface area contributed by atoms with Crippen LogP contribution in [0.4, 0.5) is 5.82 Å². The second-order valence-electron chi connectivity index (χ2n) is 5.28. The summed E-state index contributed by atoms with van der Waals surface area (Å²) in [7, 11) is 0. The summed E-state index contributed by atoms with van der Waals surface area (Å²) < 4.78 is 0. The molecule has 92 valence electrons. The highest BCUT2D eigenvalue weighted by Gasteiger charge is 2.29. The van der Waals surface area contributed by atoms with Crippen LogP contribution in [0.25, 0.3) is 0 Å². The van der Waals surface area contributed by atoms with Gasteiger partial charge in [-0.05, 0) is 37.3 Å². The molecule has 3 unspecified atom stereocenters. The Morgan fingerprint density at radius 3 is 2.71 bits per heavy atom. The van der Waals surface area contributed by atoms with Crippen molar-refractivity contribution in [3.8, 4) is 0 Å². The highest BCUT2D eigenvalue weighted by molar-refractivity contribution is 5.74. The molecule has 3 heteroatoms. The van der Waals surface area contributed by atoms with E-state index in [-0.39, 0.29) is 0 Å². The molecule has 1 aliphatic rings. The Balaban J connectivity index is 2.21. The van der Waals surface area contributed by atoms with Crippen molar-refractivity contribution >= 4 is 12.1 Å². The van der Waals surface area contributed by atoms with Gasteiger partial charge in [-0.25, -0.2) is 4.98 Å². The number of anilines is 1. The number of piperidine rings is 1. The molecule has 2 heterocycles. The van der Waals surface area contributed by atoms with E-state index in [1.165, 1.54) is 6.42 Å². The molecule has 1 aromatic rings. The summed E-state index contributed by atoms with van der Waals surface area (Å²) in [6.45, 7) is 7.90. The highest BCUT2D eigenvalue weighted by Crippen LogP contribution is 2.30. The van der Waals surface area contributed by atoms with Crippen molar-refractivity contribution in [3.05, 3.63) is 23.9 Å². The van der Waals surface area contributed by atoms with Crippen LogP contribution in [0, 0.1) is 11.8 Å². The first-order valence-electron chi connectivity index (χ1n) is 6.29. The van der Waals surface area contributed by atoms with Gasteiger partial charge in [0.2, 0.25) is 0 Å². The van der Waals surface area contributed by atoms with Gasteiger partial charge >= 0.3 is 0 Å². The van der Waals surface area contributed by atoms with Crippen LogP contribution in [0.15, 0.2) is 18.3 Å². The summed E-state index contributed by atoms with van der Waals surface area (Å²) in [5.74, 6) is 2.38. The fourth-order valence-electron chi connectivity index (χ4n) is 2.65. The number of aromatic nitrogens is 1. The Hall–Kier alpha value is -1.38. The number of carbonyl (C=O) groups is 1. The monoisotopic (exact) mass is 232 g/mol. The van der Waals surface area contributed by atoms with Crippen LogP contribution >= 0.6 is 0 Å². The van der Waals surface area contributed by atoms with Gasteiger partial charge in [0.25, 0.3) is 0 Å². The summed E-state index contributed by atoms with van der Waals surface area (Å²) >= 11 is 0. The van der Waals surface area contributed by atoms with Crippen LogP contribution < -0.4 is 4.90 Å². The fourth-order valence-corrected chi connectivity index (χ4v) is 2.65. The normalized spacial score (nSPS) is 29.1. The van der Waals surface area contributed by atoms with Crippen LogP contribution in [-0.2, 0) is 0 Å². The second kappa shape index (κ2) is 4.86. The van der Waals surface area contributed by atoms with Crippen LogP contribution in [0.1, 0.15) is 37.6 Å². The zero-order chi connectivity index (χ0) is 12.4. The van der Waals surface area contributed by atoms with E-state index in [1.54, 1.807) is 6.20 Å². The van der Waals surface area contributed by atoms with E-state index < -0.39 is 0 Å². The maximum Gasteiger partial charge on any atom is 0.151 e. The van der Waals surface area contributed by atoms with Gasteiger partial charge in [0.15, 0.2) is 6.29 Å². The Morgan fingerprint density at radius 1 is 1.35 bits per heavy atom. The first kappa shape index (κ1) is 12.1. The molecule has 2 rings (SSSR count). The topological polar surface area (TPSA) is 33.2 Å². The average Bonchev–Trinajstić information content (AvgIpc) is 2.34. The minimum Gasteiger partial charge on any atom is -0.353 e. The first-order valence-corrected chi connectivity index (χ1v) is 6.29. The molecule has 1 saturated heterocycles. The zero-order valence-electron chi connectivity index (χ0n) is 10.8. The van der Waals surface area contributed by atoms with Gasteiger partial charge in [0.1, 0.15) is 5.82 Å². The number of hydrogen-bond acceptors (Lipinski definition) is 3. The standard InChI is InChI=1S/C14H20N2O/c1-10-6-11(2)12(3)16(8-10)14-5-4-13(9-17)7-15-14/h4-5,7,9-12H,6,8H2,1-3H3. The SMILES string of the molecule is CC1CC(C)C(C)N(c2ccc(C=O)cn2)C1. The van der Waals surface area contributed by atoms with Crippen molar-refractivity contribution in [2.75, 3.05) is 11.4 Å². The van der Waals surface area contributed by atoms with Gasteiger partial charge in [-0.15, -0.1) is 0 Å². The van der Waals surface area contributed by atoms with Crippen LogP contribution in [0.2, 0.25) is 0 Å². The minimum absolute atomic E-state index is 0.515. The third-order valence-corrected chi connectivity index (χ3v) is 3.80. The van der Waals surface area contributed by atoms with Crippen molar-refractivity contribution in [2.24, 2.45) is 11.8 Å². The van der Waals surface area contributed by atoms with E-state index in [0.29, 0.717) is 23.4 Å². The summed E-state index contributed by atoms with van der Waals surface area (Å²) in [6, 6.07) is 4.30. The number of aldehydes is 1. The predicted octanol–water partition coefficient (Wildman–Crippen LogP) is 2.76. The van der Waals surface area contributed by atoms with E-state index in [1.807, 2.05) is 12.1 Å². The molecule has 0 spiro atoms. The van der Waals surface area contributed by atoms with Gasteiger partial charge in [-0.2, -0.15) is 0 Å². The lowest BCUT2D eigenvalue weighted by Crippen LogP contribution is -2.46. The molecule has 0 aromatic carbocycles. The summed E-state index contributed by atoms with van der Waals surface area (Å²) in [4.78, 5) is 17.4. The third kappa shape index (κ3) is 2.48. The average molecular weight is 232 g/mol. The zero-order valence-corrected chi connectivity index (χ0v) is 10.8. The predicted molar refractivity (Wildman–Crippen MR) is 69.4 cm³/mol. The molecular weight excluding hydrogens is 212 g/mol. The molecule has 17 heavy (non-hydrogen) atoms. The highest BCUT2D eigenvalue weighted by atomic mass is 16.1. The lowest BCUT2D eigenvalue weighted by atomic mass is 9.86. The van der Waals surface area contributed by atoms with Gasteiger partial charge in [-0.3, -0.25) is 4.79 Å². The Kier molecular flexibility index (Phi) is 3.46. The van der Waals surface area contributed by atoms with Gasteiger partial charge in [0, 0.05) is 24.3 Å². The Labute approximate surface area is 103 Å². The molecule has 1 aliphatic heterocycles. The second-order valence-corrected chi connectivity index (χ2v) is 5.28. The Bertz CT molecular complexity index is 388. The van der Waals surface area contributed by atoms with Crippen molar-refractivity contribution < 1.29 is 4.79 Å². The number of carbonyl (C=O) groups excluding carboxylic acids is 1. The van der Waals surface area contributed by atoms with E-state index >= 15 is 0 Å². The van der Waals surface area contributed by atoms with E-state index in [2.05, 4.69) is 30.7 Å². The maximum atomic E-state index is 10.6. The van der Waals surface area contributed by atoms with Gasteiger partial charge in [0.05, 0.1) is 0 Å². The summed E-state index contributed by atoms with van der Waals surface area (Å²) in [6.07, 6.45) is 3.77. The number of rotatable bonds is 2. The molecule has 1 aromatic heterocycles. The fraction of sp³-hybridized carbons (Fsp3) is 0.571. The largest absolute Gasteiger partial charge is 0.353 e. The van der Waals surface area contributed by atoms with Crippen molar-refractivity contribution in [2.45, 2.75) is 33.2 Å². The number of hydrogen-bond donors (Lipinski definition) is 0. The van der Waals surface area contributed by atoms with Crippen LogP contribution in [0.5, 0.6) is 0 Å². The minimum atomic E-state index is 0.515. The molecule has 3 atom stereocenters. The van der Waals surface area contributed by atoms with Gasteiger partial charge < -0.3 is 4.90 Å². The summed E-state index contributed by atoms with van der Waals surface area (Å²) in [5, 5.41) is 0. The molecule has 0 bridgehead atoms. The molecule has 0 aliphatic carbocycles. The van der Waals surface area contributed by atoms with Crippen molar-refractivity contribution in [1.29, 1.82) is 0 Å². The number of nitrogens with zero attached hydrogens (tertiary/aromatic N) is 2. The molecule has 0 saturated carbocycles. The van der Waals surface area contributed by atoms with Crippen molar-refractivity contribution in [1.82, 2.24) is 4.98 Å². The lowest BCUT2D eigenvalue weighted by Gasteiger charge is -2.41. The first-order chi connectivity index (χ1) is 8.11. The summed E-state index contributed by atoms with van der Waals surface area (Å²) in [5.41, 5.74) is 0.638. The van der Waals surface area contributed by atoms with E-state index in [9.17, 15) is 4.79 Å². The smallest absolute Gasteiger partial charge is 0.151 e. The van der Waals surface area contributed by atoms with Crippen LogP contribution in [0.3, 0.4) is 0 Å². The molecule has 0 amide bonds. The van der Waals surface area contributed by atoms with Crippen LogP contribution in [-0.4, -0.2) is 23.9 Å². The van der Waals surface area contributed by atoms with E-state index in [4.69, 9.17) is 0 Å². The molecule has 1 fully saturated rings. The molecule has 0 radical (unpaired) electrons. The third-order valence-electron chi connectivity index (χ3n) is 3.80. The number of pyridine rings is 1. The van der Waals surface area contributed by atoms with Gasteiger partial charge in [-0.1, -0.05) is 13.8 Å². The van der Waals surface area contributed by atoms with Crippen molar-refractivity contribution in [3.63, 3.8) is 0 Å². The maximum absolute atomic E-state index is 10.6. The molecule has 3 nitrogen and oxygen atoms in total. The quantitative estimate of drug-likeness (QED) is 0.735. The van der Waals surface area contributed by atoms with E-state index in [0.717, 1.165) is 18.6 Å². The molecular formula is C14H20N2O.